The fourth-order valence-corrected chi connectivity index (χ4v) is 4.07. The van der Waals surface area contributed by atoms with Gasteiger partial charge in [-0.05, 0) is 49.2 Å². The normalized spacial score (nSPS) is 23.5. The number of carbonyl (C=O) groups excluding carboxylic acids is 2. The molecule has 2 aliphatic rings. The summed E-state index contributed by atoms with van der Waals surface area (Å²) in [5, 5.41) is 10.2. The molecule has 170 valence electrons. The number of ether oxygens (including phenoxy) is 3. The Morgan fingerprint density at radius 1 is 1.00 bits per heavy atom. The summed E-state index contributed by atoms with van der Waals surface area (Å²) in [5.74, 6) is -1.46. The highest BCUT2D eigenvalue weighted by Gasteiger charge is 2.47. The van der Waals surface area contributed by atoms with Crippen LogP contribution in [0.25, 0.3) is 0 Å². The van der Waals surface area contributed by atoms with Crippen molar-refractivity contribution in [2.75, 3.05) is 25.2 Å². The number of esters is 2. The van der Waals surface area contributed by atoms with Crippen molar-refractivity contribution in [2.24, 2.45) is 17.8 Å². The highest BCUT2D eigenvalue weighted by molar-refractivity contribution is 5.90. The molecule has 0 radical (unpaired) electrons. The number of methoxy groups -OCH3 is 1. The molecule has 1 saturated carbocycles. The second-order valence-electron chi connectivity index (χ2n) is 7.74. The van der Waals surface area contributed by atoms with Gasteiger partial charge in [-0.2, -0.15) is 0 Å². The van der Waals surface area contributed by atoms with Gasteiger partial charge in [0, 0.05) is 29.1 Å². The lowest BCUT2D eigenvalue weighted by atomic mass is 9.83. The lowest BCUT2D eigenvalue weighted by molar-refractivity contribution is -0.146. The zero-order valence-corrected chi connectivity index (χ0v) is 17.8. The molecule has 0 amide bonds. The predicted molar refractivity (Wildman–Crippen MR) is 119 cm³/mol. The van der Waals surface area contributed by atoms with Gasteiger partial charge in [-0.25, -0.2) is 9.59 Å². The largest absolute Gasteiger partial charge is 0.472 e. The Hall–Kier alpha value is -3.52. The number of hydrogen-bond acceptors (Lipinski definition) is 8. The first kappa shape index (κ1) is 23.1. The van der Waals surface area contributed by atoms with Crippen molar-refractivity contribution in [2.45, 2.75) is 19.1 Å². The Bertz CT molecular complexity index is 945. The topological polar surface area (TPSA) is 134 Å². The maximum atomic E-state index is 12.1. The number of para-hydroxylation sites is 1. The molecule has 0 aromatic heterocycles. The van der Waals surface area contributed by atoms with Crippen molar-refractivity contribution < 1.29 is 28.9 Å². The van der Waals surface area contributed by atoms with Crippen LogP contribution in [-0.2, 0) is 19.0 Å². The average Bonchev–Trinajstić information content (AvgIpc) is 3.23. The molecule has 5 N–H and O–H groups in total. The van der Waals surface area contributed by atoms with Crippen LogP contribution in [-0.4, -0.2) is 37.1 Å². The van der Waals surface area contributed by atoms with Crippen LogP contribution in [0.3, 0.4) is 0 Å². The number of nitrogen functional groups attached to an aromatic ring is 2. The number of nitrogens with two attached hydrogens (primary N) is 2. The number of aliphatic hydroxyl groups is 1. The van der Waals surface area contributed by atoms with Crippen molar-refractivity contribution in [3.05, 3.63) is 72.0 Å². The molecular formula is C24H28N2O6. The van der Waals surface area contributed by atoms with Gasteiger partial charge in [0.05, 0.1) is 31.1 Å². The third-order valence-electron chi connectivity index (χ3n) is 5.72. The number of carbonyl (C=O) groups is 2. The summed E-state index contributed by atoms with van der Waals surface area (Å²) >= 11 is 0. The first-order valence-electron chi connectivity index (χ1n) is 10.4. The molecular weight excluding hydrogens is 412 g/mol. The molecule has 4 rings (SSSR count). The fourth-order valence-electron chi connectivity index (χ4n) is 4.07. The standard InChI is InChI=1S/C18H21NO6.C6H7N/c1-23-17(21)14-9-25-18(22)15-11(4-7-13(14)15)8-24-16(20)10-2-5-12(19)6-3-10;7-6-4-2-1-3-5-6/h2-3,5-6,9,11,13,15,18,22H,4,7-8,19H2,1H3;1-5H,7H2. The van der Waals surface area contributed by atoms with E-state index in [2.05, 4.69) is 0 Å². The molecule has 1 aliphatic heterocycles. The van der Waals surface area contributed by atoms with Gasteiger partial charge < -0.3 is 30.8 Å². The number of benzene rings is 2. The van der Waals surface area contributed by atoms with Crippen molar-refractivity contribution in [3.63, 3.8) is 0 Å². The van der Waals surface area contributed by atoms with Gasteiger partial charge >= 0.3 is 11.9 Å². The minimum Gasteiger partial charge on any atom is -0.472 e. The third-order valence-corrected chi connectivity index (χ3v) is 5.72. The molecule has 0 saturated heterocycles. The summed E-state index contributed by atoms with van der Waals surface area (Å²) in [4.78, 5) is 24.0. The first-order valence-corrected chi connectivity index (χ1v) is 10.4. The molecule has 4 atom stereocenters. The first-order chi connectivity index (χ1) is 15.4. The van der Waals surface area contributed by atoms with E-state index in [9.17, 15) is 14.7 Å². The maximum absolute atomic E-state index is 12.1. The predicted octanol–water partition coefficient (Wildman–Crippen LogP) is 2.74. The Morgan fingerprint density at radius 2 is 1.66 bits per heavy atom. The Labute approximate surface area is 186 Å². The van der Waals surface area contributed by atoms with Crippen LogP contribution in [0.1, 0.15) is 23.2 Å². The van der Waals surface area contributed by atoms with Gasteiger partial charge in [-0.1, -0.05) is 18.2 Å². The molecule has 32 heavy (non-hydrogen) atoms. The summed E-state index contributed by atoms with van der Waals surface area (Å²) in [7, 11) is 1.31. The number of fused-ring (bicyclic) bond motifs is 1. The van der Waals surface area contributed by atoms with Gasteiger partial charge in [0.15, 0.2) is 6.29 Å². The van der Waals surface area contributed by atoms with Crippen molar-refractivity contribution in [1.29, 1.82) is 0 Å². The zero-order chi connectivity index (χ0) is 23.1. The van der Waals surface area contributed by atoms with Gasteiger partial charge in [0.2, 0.25) is 0 Å². The van der Waals surface area contributed by atoms with E-state index < -0.39 is 18.2 Å². The van der Waals surface area contributed by atoms with Gasteiger partial charge in [0.1, 0.15) is 0 Å². The van der Waals surface area contributed by atoms with E-state index in [1.807, 2.05) is 30.3 Å². The van der Waals surface area contributed by atoms with Gasteiger partial charge in [-0.3, -0.25) is 0 Å². The highest BCUT2D eigenvalue weighted by Crippen LogP contribution is 2.46. The molecule has 0 spiro atoms. The quantitative estimate of drug-likeness (QED) is 0.488. The summed E-state index contributed by atoms with van der Waals surface area (Å²) < 4.78 is 15.4. The van der Waals surface area contributed by atoms with Crippen LogP contribution < -0.4 is 11.5 Å². The molecule has 4 unspecified atom stereocenters. The lowest BCUT2D eigenvalue weighted by Crippen LogP contribution is -2.37. The molecule has 8 nitrogen and oxygen atoms in total. The van der Waals surface area contributed by atoms with Crippen LogP contribution in [0, 0.1) is 17.8 Å². The van der Waals surface area contributed by atoms with Crippen LogP contribution in [0.2, 0.25) is 0 Å². The number of aliphatic hydroxyl groups excluding tert-OH is 1. The summed E-state index contributed by atoms with van der Waals surface area (Å²) in [6.07, 6.45) is 1.68. The van der Waals surface area contributed by atoms with Crippen LogP contribution in [0.5, 0.6) is 0 Å². The number of anilines is 2. The second-order valence-corrected chi connectivity index (χ2v) is 7.74. The van der Waals surface area contributed by atoms with Gasteiger partial charge in [0.25, 0.3) is 0 Å². The van der Waals surface area contributed by atoms with Crippen LogP contribution in [0.15, 0.2) is 66.4 Å². The highest BCUT2D eigenvalue weighted by atomic mass is 16.6. The summed E-state index contributed by atoms with van der Waals surface area (Å²) in [5.41, 5.74) is 13.2. The van der Waals surface area contributed by atoms with E-state index in [4.69, 9.17) is 25.7 Å². The van der Waals surface area contributed by atoms with Crippen molar-refractivity contribution >= 4 is 23.3 Å². The molecule has 2 aromatic carbocycles. The summed E-state index contributed by atoms with van der Waals surface area (Å²) in [6, 6.07) is 16.0. The minimum absolute atomic E-state index is 0.0916. The number of hydrogen-bond donors (Lipinski definition) is 3. The van der Waals surface area contributed by atoms with Crippen LogP contribution >= 0.6 is 0 Å². The monoisotopic (exact) mass is 440 g/mol. The van der Waals surface area contributed by atoms with Crippen LogP contribution in [0.4, 0.5) is 11.4 Å². The molecule has 1 heterocycles. The molecule has 0 bridgehead atoms. The number of rotatable bonds is 4. The Kier molecular flexibility index (Phi) is 7.72. The van der Waals surface area contributed by atoms with Crippen molar-refractivity contribution in [3.8, 4) is 0 Å². The SMILES string of the molecule is COC(=O)C1=COC(O)C2C(COC(=O)c3ccc(N)cc3)CCC12.Nc1ccccc1. The average molecular weight is 440 g/mol. The van der Waals surface area contributed by atoms with E-state index in [0.29, 0.717) is 23.2 Å². The van der Waals surface area contributed by atoms with Gasteiger partial charge in [-0.15, -0.1) is 0 Å². The third kappa shape index (κ3) is 5.59. The fraction of sp³-hybridized carbons (Fsp3) is 0.333. The lowest BCUT2D eigenvalue weighted by Gasteiger charge is -2.32. The van der Waals surface area contributed by atoms with E-state index in [1.165, 1.54) is 13.4 Å². The second kappa shape index (κ2) is 10.7. The maximum Gasteiger partial charge on any atom is 0.338 e. The van der Waals surface area contributed by atoms with E-state index in [-0.39, 0.29) is 24.4 Å². The van der Waals surface area contributed by atoms with E-state index in [1.54, 1.807) is 24.3 Å². The van der Waals surface area contributed by atoms with E-state index >= 15 is 0 Å². The Balaban J connectivity index is 0.000000352. The smallest absolute Gasteiger partial charge is 0.338 e. The minimum atomic E-state index is -1.03. The molecule has 1 aliphatic carbocycles. The molecule has 8 heteroatoms. The molecule has 1 fully saturated rings. The molecule has 2 aromatic rings. The summed E-state index contributed by atoms with van der Waals surface area (Å²) in [6.45, 7) is 0.152. The Morgan fingerprint density at radius 3 is 2.25 bits per heavy atom. The zero-order valence-electron chi connectivity index (χ0n) is 17.8. The van der Waals surface area contributed by atoms with E-state index in [0.717, 1.165) is 12.1 Å². The van der Waals surface area contributed by atoms with Crippen molar-refractivity contribution in [1.82, 2.24) is 0 Å².